The molecule has 0 aromatic heterocycles. The number of benzene rings is 2. The van der Waals surface area contributed by atoms with Crippen molar-refractivity contribution in [3.05, 3.63) is 53.1 Å². The van der Waals surface area contributed by atoms with Gasteiger partial charge in [-0.1, -0.05) is 30.0 Å². The Morgan fingerprint density at radius 1 is 0.947 bits per heavy atom. The van der Waals surface area contributed by atoms with Crippen molar-refractivity contribution in [1.82, 2.24) is 0 Å². The Morgan fingerprint density at radius 3 is 2.26 bits per heavy atom. The SMILES string of the molecule is Cc1ccc(C)c(Sc2cc(C)ccc2NC#N)c1. The monoisotopic (exact) mass is 268 g/mol. The summed E-state index contributed by atoms with van der Waals surface area (Å²) in [5.74, 6) is 0. The second-order valence-corrected chi connectivity index (χ2v) is 5.69. The summed E-state index contributed by atoms with van der Waals surface area (Å²) in [5, 5.41) is 11.6. The Bertz CT molecular complexity index is 642. The number of nitrogens with zero attached hydrogens (tertiary/aromatic N) is 1. The smallest absolute Gasteiger partial charge is 0.181 e. The molecule has 0 aliphatic rings. The lowest BCUT2D eigenvalue weighted by Crippen LogP contribution is -1.91. The predicted octanol–water partition coefficient (Wildman–Crippen LogP) is 4.66. The molecule has 0 aliphatic heterocycles. The molecule has 0 saturated carbocycles. The molecular weight excluding hydrogens is 252 g/mol. The lowest BCUT2D eigenvalue weighted by molar-refractivity contribution is 1.25. The average Bonchev–Trinajstić information content (AvgIpc) is 2.37. The molecule has 2 aromatic carbocycles. The zero-order chi connectivity index (χ0) is 13.8. The fourth-order valence-corrected chi connectivity index (χ4v) is 3.00. The van der Waals surface area contributed by atoms with Gasteiger partial charge in [-0.25, -0.2) is 0 Å². The van der Waals surface area contributed by atoms with Crippen molar-refractivity contribution in [2.45, 2.75) is 30.6 Å². The third-order valence-electron chi connectivity index (χ3n) is 2.89. The van der Waals surface area contributed by atoms with Crippen molar-refractivity contribution in [1.29, 1.82) is 5.26 Å². The molecule has 2 aromatic rings. The number of anilines is 1. The van der Waals surface area contributed by atoms with Crippen LogP contribution in [0.5, 0.6) is 0 Å². The number of rotatable bonds is 3. The standard InChI is InChI=1S/C16H16N2S/c1-11-4-6-13(3)15(8-11)19-16-9-12(2)5-7-14(16)18-10-17/h4-9,18H,1-3H3. The van der Waals surface area contributed by atoms with Gasteiger partial charge in [0.2, 0.25) is 0 Å². The van der Waals surface area contributed by atoms with E-state index in [0.717, 1.165) is 10.6 Å². The number of hydrogen-bond acceptors (Lipinski definition) is 3. The number of aryl methyl sites for hydroxylation is 3. The molecule has 0 saturated heterocycles. The van der Waals surface area contributed by atoms with Crippen LogP contribution in [-0.2, 0) is 0 Å². The van der Waals surface area contributed by atoms with Gasteiger partial charge in [-0.15, -0.1) is 0 Å². The highest BCUT2D eigenvalue weighted by atomic mass is 32.2. The van der Waals surface area contributed by atoms with Gasteiger partial charge in [0, 0.05) is 9.79 Å². The van der Waals surface area contributed by atoms with Gasteiger partial charge in [-0.2, -0.15) is 5.26 Å². The molecule has 0 atom stereocenters. The summed E-state index contributed by atoms with van der Waals surface area (Å²) >= 11 is 1.70. The maximum atomic E-state index is 8.81. The molecule has 3 heteroatoms. The summed E-state index contributed by atoms with van der Waals surface area (Å²) in [6, 6.07) is 12.5. The Balaban J connectivity index is 2.39. The van der Waals surface area contributed by atoms with Gasteiger partial charge in [-0.3, -0.25) is 5.32 Å². The molecule has 2 nitrogen and oxygen atoms in total. The van der Waals surface area contributed by atoms with Gasteiger partial charge in [-0.05, 0) is 55.7 Å². The van der Waals surface area contributed by atoms with Crippen LogP contribution in [0.25, 0.3) is 0 Å². The second-order valence-electron chi connectivity index (χ2n) is 4.61. The van der Waals surface area contributed by atoms with Crippen LogP contribution in [0.3, 0.4) is 0 Å². The average molecular weight is 268 g/mol. The first-order valence-corrected chi connectivity index (χ1v) is 6.92. The minimum Gasteiger partial charge on any atom is -0.292 e. The number of nitrogens with one attached hydrogen (secondary N) is 1. The molecule has 1 N–H and O–H groups in total. The van der Waals surface area contributed by atoms with Crippen molar-refractivity contribution >= 4 is 17.4 Å². The molecule has 0 aliphatic carbocycles. The molecule has 0 radical (unpaired) electrons. The van der Waals surface area contributed by atoms with Crippen LogP contribution in [0.4, 0.5) is 5.69 Å². The highest BCUT2D eigenvalue weighted by Crippen LogP contribution is 2.36. The molecule has 0 spiro atoms. The van der Waals surface area contributed by atoms with Crippen molar-refractivity contribution in [2.24, 2.45) is 0 Å². The van der Waals surface area contributed by atoms with Crippen molar-refractivity contribution in [2.75, 3.05) is 5.32 Å². The van der Waals surface area contributed by atoms with Gasteiger partial charge in [0.1, 0.15) is 0 Å². The highest BCUT2D eigenvalue weighted by Gasteiger charge is 2.07. The van der Waals surface area contributed by atoms with Crippen molar-refractivity contribution < 1.29 is 0 Å². The fourth-order valence-electron chi connectivity index (χ4n) is 1.81. The van der Waals surface area contributed by atoms with Crippen LogP contribution in [0.1, 0.15) is 16.7 Å². The molecule has 0 unspecified atom stereocenters. The molecule has 0 amide bonds. The van der Waals surface area contributed by atoms with Crippen molar-refractivity contribution in [3.8, 4) is 6.19 Å². The topological polar surface area (TPSA) is 35.8 Å². The summed E-state index contributed by atoms with van der Waals surface area (Å²) in [5.41, 5.74) is 4.55. The largest absolute Gasteiger partial charge is 0.292 e. The van der Waals surface area contributed by atoms with E-state index in [4.69, 9.17) is 5.26 Å². The Hall–Kier alpha value is -1.92. The zero-order valence-corrected chi connectivity index (χ0v) is 12.1. The first kappa shape index (κ1) is 13.5. The first-order chi connectivity index (χ1) is 9.10. The summed E-state index contributed by atoms with van der Waals surface area (Å²) < 4.78 is 0. The summed E-state index contributed by atoms with van der Waals surface area (Å²) in [6.07, 6.45) is 1.99. The third-order valence-corrected chi connectivity index (χ3v) is 4.11. The Labute approximate surface area is 118 Å². The van der Waals surface area contributed by atoms with Crippen molar-refractivity contribution in [3.63, 3.8) is 0 Å². The van der Waals surface area contributed by atoms with Crippen LogP contribution in [0.15, 0.2) is 46.2 Å². The van der Waals surface area contributed by atoms with E-state index in [1.54, 1.807) is 11.8 Å². The van der Waals surface area contributed by atoms with Crippen LogP contribution >= 0.6 is 11.8 Å². The lowest BCUT2D eigenvalue weighted by Gasteiger charge is -2.11. The van der Waals surface area contributed by atoms with Gasteiger partial charge in [0.15, 0.2) is 6.19 Å². The molecule has 2 rings (SSSR count). The minimum atomic E-state index is 0.860. The molecule has 0 fully saturated rings. The van der Waals surface area contributed by atoms with E-state index in [2.05, 4.69) is 50.4 Å². The van der Waals surface area contributed by atoms with E-state index in [1.807, 2.05) is 18.3 Å². The maximum absolute atomic E-state index is 8.81. The second kappa shape index (κ2) is 5.81. The quantitative estimate of drug-likeness (QED) is 0.650. The maximum Gasteiger partial charge on any atom is 0.181 e. The minimum absolute atomic E-state index is 0.860. The molecule has 0 heterocycles. The summed E-state index contributed by atoms with van der Waals surface area (Å²) in [6.45, 7) is 6.26. The normalized spacial score (nSPS) is 10.0. The van der Waals surface area contributed by atoms with Gasteiger partial charge >= 0.3 is 0 Å². The van der Waals surface area contributed by atoms with Crippen LogP contribution in [-0.4, -0.2) is 0 Å². The van der Waals surface area contributed by atoms with E-state index in [1.165, 1.54) is 21.6 Å². The molecule has 19 heavy (non-hydrogen) atoms. The Kier molecular flexibility index (Phi) is 4.13. The number of nitriles is 1. The van der Waals surface area contributed by atoms with E-state index in [-0.39, 0.29) is 0 Å². The van der Waals surface area contributed by atoms with E-state index >= 15 is 0 Å². The molecule has 0 bridgehead atoms. The van der Waals surface area contributed by atoms with Gasteiger partial charge in [0.25, 0.3) is 0 Å². The number of hydrogen-bond donors (Lipinski definition) is 1. The van der Waals surface area contributed by atoms with Gasteiger partial charge in [0.05, 0.1) is 5.69 Å². The molecule has 96 valence electrons. The Morgan fingerprint density at radius 2 is 1.58 bits per heavy atom. The first-order valence-electron chi connectivity index (χ1n) is 6.11. The summed E-state index contributed by atoms with van der Waals surface area (Å²) in [4.78, 5) is 2.31. The lowest BCUT2D eigenvalue weighted by atomic mass is 10.2. The van der Waals surface area contributed by atoms with E-state index < -0.39 is 0 Å². The highest BCUT2D eigenvalue weighted by molar-refractivity contribution is 7.99. The van der Waals surface area contributed by atoms with Crippen LogP contribution in [0, 0.1) is 32.2 Å². The summed E-state index contributed by atoms with van der Waals surface area (Å²) in [7, 11) is 0. The van der Waals surface area contributed by atoms with Crippen LogP contribution < -0.4 is 5.32 Å². The zero-order valence-electron chi connectivity index (χ0n) is 11.3. The van der Waals surface area contributed by atoms with Gasteiger partial charge < -0.3 is 0 Å². The van der Waals surface area contributed by atoms with E-state index in [9.17, 15) is 0 Å². The molecular formula is C16H16N2S. The van der Waals surface area contributed by atoms with Crippen LogP contribution in [0.2, 0.25) is 0 Å². The van der Waals surface area contributed by atoms with E-state index in [0.29, 0.717) is 0 Å². The predicted molar refractivity (Wildman–Crippen MR) is 80.5 cm³/mol. The fraction of sp³-hybridized carbons (Fsp3) is 0.188. The third kappa shape index (κ3) is 3.30.